The summed E-state index contributed by atoms with van der Waals surface area (Å²) in [5.74, 6) is -0.482. The predicted octanol–water partition coefficient (Wildman–Crippen LogP) is 2.49. The van der Waals surface area contributed by atoms with E-state index in [2.05, 4.69) is 15.0 Å². The topological polar surface area (TPSA) is 77.8 Å². The Morgan fingerprint density at radius 3 is 2.78 bits per heavy atom. The summed E-state index contributed by atoms with van der Waals surface area (Å²) in [6.07, 6.45) is 2.19. The molecule has 2 aromatic heterocycles. The maximum Gasteiger partial charge on any atom is 0.264 e. The summed E-state index contributed by atoms with van der Waals surface area (Å²) in [6, 6.07) is 5.19. The fourth-order valence-electron chi connectivity index (χ4n) is 1.40. The van der Waals surface area contributed by atoms with Gasteiger partial charge in [-0.05, 0) is 18.2 Å². The Morgan fingerprint density at radius 1 is 1.22 bits per heavy atom. The summed E-state index contributed by atoms with van der Waals surface area (Å²) >= 11 is 1.12. The number of nitrogens with two attached hydrogens (primary N) is 1. The molecule has 0 bridgehead atoms. The maximum atomic E-state index is 12.7. The molecular weight excluding hydrogens is 255 g/mol. The number of nitrogen functional groups attached to an aromatic ring is 1. The third-order valence-corrected chi connectivity index (χ3v) is 2.91. The lowest BCUT2D eigenvalue weighted by Gasteiger charge is -1.93. The number of benzene rings is 1. The highest BCUT2D eigenvalue weighted by atomic mass is 32.2. The van der Waals surface area contributed by atoms with E-state index in [0.29, 0.717) is 27.2 Å². The van der Waals surface area contributed by atoms with Crippen molar-refractivity contribution in [2.75, 3.05) is 5.73 Å². The molecule has 2 N–H and O–H groups in total. The highest BCUT2D eigenvalue weighted by Crippen LogP contribution is 2.28. The third-order valence-electron chi connectivity index (χ3n) is 2.17. The average Bonchev–Trinajstić information content (AvgIpc) is 2.73. The van der Waals surface area contributed by atoms with Crippen LogP contribution in [0.1, 0.15) is 0 Å². The van der Waals surface area contributed by atoms with Crippen LogP contribution in [-0.4, -0.2) is 15.0 Å². The van der Waals surface area contributed by atoms with Crippen LogP contribution in [0.15, 0.2) is 45.4 Å². The Balaban J connectivity index is 1.92. The normalized spacial score (nSPS) is 10.9. The number of fused-ring (bicyclic) bond motifs is 1. The Kier molecular flexibility index (Phi) is 2.60. The molecule has 0 atom stereocenters. The minimum absolute atomic E-state index is 0.371. The number of nitrogens with zero attached hydrogens (tertiary/aromatic N) is 3. The summed E-state index contributed by atoms with van der Waals surface area (Å²) in [7, 11) is 0. The molecule has 0 aliphatic rings. The molecule has 0 aliphatic heterocycles. The number of oxazole rings is 1. The van der Waals surface area contributed by atoms with Gasteiger partial charge < -0.3 is 10.2 Å². The van der Waals surface area contributed by atoms with E-state index in [1.54, 1.807) is 18.2 Å². The van der Waals surface area contributed by atoms with Gasteiger partial charge in [-0.1, -0.05) is 0 Å². The zero-order valence-electron chi connectivity index (χ0n) is 9.00. The van der Waals surface area contributed by atoms with Gasteiger partial charge in [-0.3, -0.25) is 0 Å². The number of aromatic nitrogens is 3. The van der Waals surface area contributed by atoms with Crippen molar-refractivity contribution in [1.29, 1.82) is 0 Å². The summed E-state index contributed by atoms with van der Waals surface area (Å²) < 4.78 is 18.1. The van der Waals surface area contributed by atoms with E-state index in [0.717, 1.165) is 24.2 Å². The molecule has 5 nitrogen and oxygen atoms in total. The monoisotopic (exact) mass is 262 g/mol. The van der Waals surface area contributed by atoms with Crippen LogP contribution in [-0.2, 0) is 0 Å². The fraction of sp³-hybridized carbons (Fsp3) is 0. The van der Waals surface area contributed by atoms with E-state index in [1.807, 2.05) is 0 Å². The number of hydrogen-bond acceptors (Lipinski definition) is 6. The minimum Gasteiger partial charge on any atom is -0.431 e. The van der Waals surface area contributed by atoms with Crippen molar-refractivity contribution in [3.63, 3.8) is 0 Å². The van der Waals surface area contributed by atoms with Gasteiger partial charge in [0.1, 0.15) is 5.52 Å². The lowest BCUT2D eigenvalue weighted by atomic mass is 10.3. The number of rotatable bonds is 2. The predicted molar refractivity (Wildman–Crippen MR) is 64.5 cm³/mol. The second-order valence-electron chi connectivity index (χ2n) is 3.49. The van der Waals surface area contributed by atoms with Crippen LogP contribution >= 0.6 is 11.8 Å². The van der Waals surface area contributed by atoms with Crippen molar-refractivity contribution in [2.24, 2.45) is 0 Å². The van der Waals surface area contributed by atoms with E-state index < -0.39 is 5.82 Å². The van der Waals surface area contributed by atoms with Gasteiger partial charge in [0.15, 0.2) is 16.6 Å². The zero-order valence-corrected chi connectivity index (χ0v) is 9.82. The Labute approximate surface area is 105 Å². The van der Waals surface area contributed by atoms with Gasteiger partial charge >= 0.3 is 0 Å². The molecule has 18 heavy (non-hydrogen) atoms. The summed E-state index contributed by atoms with van der Waals surface area (Å²) in [6.45, 7) is 0. The molecule has 90 valence electrons. The molecule has 3 aromatic rings. The number of anilines is 1. The molecule has 3 rings (SSSR count). The summed E-state index contributed by atoms with van der Waals surface area (Å²) in [4.78, 5) is 11.9. The molecule has 0 radical (unpaired) electrons. The largest absolute Gasteiger partial charge is 0.431 e. The van der Waals surface area contributed by atoms with Crippen molar-refractivity contribution >= 4 is 28.5 Å². The molecule has 1 aromatic carbocycles. The van der Waals surface area contributed by atoms with Crippen LogP contribution in [0.4, 0.5) is 10.1 Å². The average molecular weight is 262 g/mol. The SMILES string of the molecule is Nc1ccc2oc(Sc3ncc(F)cn3)nc2c1. The molecule has 0 spiro atoms. The van der Waals surface area contributed by atoms with Gasteiger partial charge in [-0.15, -0.1) is 0 Å². The quantitative estimate of drug-likeness (QED) is 0.564. The molecule has 0 saturated carbocycles. The Hall–Kier alpha value is -2.15. The van der Waals surface area contributed by atoms with Crippen molar-refractivity contribution in [2.45, 2.75) is 10.4 Å². The van der Waals surface area contributed by atoms with Crippen molar-refractivity contribution in [3.8, 4) is 0 Å². The van der Waals surface area contributed by atoms with Crippen LogP contribution in [0.5, 0.6) is 0 Å². The maximum absolute atomic E-state index is 12.7. The van der Waals surface area contributed by atoms with Crippen molar-refractivity contribution in [1.82, 2.24) is 15.0 Å². The van der Waals surface area contributed by atoms with Gasteiger partial charge in [0.25, 0.3) is 5.22 Å². The lowest BCUT2D eigenvalue weighted by Crippen LogP contribution is -1.86. The standard InChI is InChI=1S/C11H7FN4OS/c12-6-4-14-10(15-5-6)18-11-16-8-3-7(13)1-2-9(8)17-11/h1-5H,13H2. The van der Waals surface area contributed by atoms with E-state index in [9.17, 15) is 4.39 Å². The first-order valence-electron chi connectivity index (χ1n) is 5.02. The summed E-state index contributed by atoms with van der Waals surface area (Å²) in [5.41, 5.74) is 7.56. The van der Waals surface area contributed by atoms with Crippen LogP contribution in [0.25, 0.3) is 11.1 Å². The molecule has 0 aliphatic carbocycles. The Bertz CT molecular complexity index is 698. The molecular formula is C11H7FN4OS. The van der Waals surface area contributed by atoms with Crippen LogP contribution in [0.3, 0.4) is 0 Å². The molecule has 7 heteroatoms. The minimum atomic E-state index is -0.482. The van der Waals surface area contributed by atoms with Gasteiger partial charge in [-0.2, -0.15) is 0 Å². The molecule has 0 saturated heterocycles. The zero-order chi connectivity index (χ0) is 12.5. The van der Waals surface area contributed by atoms with E-state index in [-0.39, 0.29) is 0 Å². The van der Waals surface area contributed by atoms with Gasteiger partial charge in [-0.25, -0.2) is 19.3 Å². The number of halogens is 1. The summed E-state index contributed by atoms with van der Waals surface area (Å²) in [5, 5.41) is 0.762. The van der Waals surface area contributed by atoms with Gasteiger partial charge in [0.05, 0.1) is 12.4 Å². The number of hydrogen-bond donors (Lipinski definition) is 1. The molecule has 2 heterocycles. The first-order valence-corrected chi connectivity index (χ1v) is 5.84. The first kappa shape index (κ1) is 11.0. The second-order valence-corrected chi connectivity index (χ2v) is 4.41. The van der Waals surface area contributed by atoms with Crippen LogP contribution in [0, 0.1) is 5.82 Å². The van der Waals surface area contributed by atoms with Gasteiger partial charge in [0, 0.05) is 17.4 Å². The third kappa shape index (κ3) is 2.12. The smallest absolute Gasteiger partial charge is 0.264 e. The van der Waals surface area contributed by atoms with Crippen LogP contribution in [0.2, 0.25) is 0 Å². The highest BCUT2D eigenvalue weighted by Gasteiger charge is 2.09. The van der Waals surface area contributed by atoms with Gasteiger partial charge in [0.2, 0.25) is 0 Å². The molecule has 0 amide bonds. The highest BCUT2D eigenvalue weighted by molar-refractivity contribution is 7.98. The van der Waals surface area contributed by atoms with E-state index in [1.165, 1.54) is 0 Å². The second kappa shape index (κ2) is 4.26. The first-order chi connectivity index (χ1) is 8.70. The van der Waals surface area contributed by atoms with Crippen molar-refractivity contribution < 1.29 is 8.81 Å². The molecule has 0 fully saturated rings. The van der Waals surface area contributed by atoms with Crippen molar-refractivity contribution in [3.05, 3.63) is 36.4 Å². The van der Waals surface area contributed by atoms with E-state index in [4.69, 9.17) is 10.2 Å². The Morgan fingerprint density at radius 2 is 2.00 bits per heavy atom. The van der Waals surface area contributed by atoms with Crippen LogP contribution < -0.4 is 5.73 Å². The molecule has 0 unspecified atom stereocenters. The fourth-order valence-corrected chi connectivity index (χ4v) is 2.04. The lowest BCUT2D eigenvalue weighted by molar-refractivity contribution is 0.488. The van der Waals surface area contributed by atoms with E-state index >= 15 is 0 Å².